The van der Waals surface area contributed by atoms with E-state index >= 15 is 0 Å². The summed E-state index contributed by atoms with van der Waals surface area (Å²) < 4.78 is 4.95. The van der Waals surface area contributed by atoms with E-state index in [4.69, 9.17) is 0 Å². The van der Waals surface area contributed by atoms with E-state index in [2.05, 4.69) is 40.1 Å². The van der Waals surface area contributed by atoms with Crippen molar-refractivity contribution in [3.8, 4) is 0 Å². The number of likely N-dealkylation sites (N-methyl/N-ethyl adjacent to an activating group) is 1. The first-order valence-corrected chi connectivity index (χ1v) is 8.45. The molecule has 1 fully saturated rings. The normalized spacial score (nSPS) is 31.9. The minimum atomic E-state index is -0.742. The molecule has 0 radical (unpaired) electrons. The van der Waals surface area contributed by atoms with Gasteiger partial charge in [-0.15, -0.1) is 0 Å². The molecule has 0 spiro atoms. The van der Waals surface area contributed by atoms with Crippen molar-refractivity contribution in [1.29, 1.82) is 0 Å². The van der Waals surface area contributed by atoms with Crippen LogP contribution in [0.25, 0.3) is 0 Å². The Morgan fingerprint density at radius 2 is 1.71 bits per heavy atom. The van der Waals surface area contributed by atoms with Gasteiger partial charge in [0.05, 0.1) is 0 Å². The Morgan fingerprint density at radius 1 is 1.14 bits per heavy atom. The van der Waals surface area contributed by atoms with Crippen LogP contribution in [0.15, 0.2) is 20.6 Å². The van der Waals surface area contributed by atoms with Gasteiger partial charge < -0.3 is 0 Å². The van der Waals surface area contributed by atoms with Crippen LogP contribution in [-0.2, 0) is 17.9 Å². The predicted molar refractivity (Wildman–Crippen MR) is 58.2 cm³/mol. The van der Waals surface area contributed by atoms with Crippen molar-refractivity contribution in [1.82, 2.24) is 5.32 Å². The molecule has 1 aliphatic heterocycles. The number of hydrogen-bond acceptors (Lipinski definition) is 1. The van der Waals surface area contributed by atoms with Gasteiger partial charge in [0.25, 0.3) is 0 Å². The van der Waals surface area contributed by atoms with Gasteiger partial charge in [0.15, 0.2) is 0 Å². The minimum absolute atomic E-state index is 0.222. The molecule has 1 unspecified atom stereocenters. The fraction of sp³-hybridized carbons (Fsp3) is 0.667. The third-order valence-electron chi connectivity index (χ3n) is 4.10. The van der Waals surface area contributed by atoms with Crippen LogP contribution in [0.5, 0.6) is 0 Å². The van der Waals surface area contributed by atoms with E-state index in [9.17, 15) is 0 Å². The zero-order chi connectivity index (χ0) is 10.5. The Kier molecular flexibility index (Phi) is 2.54. The second-order valence-electron chi connectivity index (χ2n) is 4.73. The van der Waals surface area contributed by atoms with Crippen LogP contribution in [0.4, 0.5) is 0 Å². The monoisotopic (exact) mass is 226 g/mol. The van der Waals surface area contributed by atoms with Gasteiger partial charge in [0.1, 0.15) is 0 Å². The van der Waals surface area contributed by atoms with Crippen molar-refractivity contribution in [3.05, 3.63) is 20.6 Å². The van der Waals surface area contributed by atoms with Gasteiger partial charge in [-0.25, -0.2) is 0 Å². The average molecular weight is 226 g/mol. The summed E-state index contributed by atoms with van der Waals surface area (Å²) in [4.78, 5) is 0. The number of hydrogen-bond donors (Lipinski definition) is 1. The fourth-order valence-electron chi connectivity index (χ4n) is 2.65. The maximum atomic E-state index is 3.55. The van der Waals surface area contributed by atoms with Crippen molar-refractivity contribution < 1.29 is 17.9 Å². The molecule has 0 aromatic carbocycles. The molecule has 0 amide bonds. The second kappa shape index (κ2) is 3.33. The summed E-state index contributed by atoms with van der Waals surface area (Å²) >= 11 is -0.742. The first-order valence-electron chi connectivity index (χ1n) is 5.46. The average Bonchev–Trinajstić information content (AvgIpc) is 2.96. The Bertz CT molecular complexity index is 336. The first kappa shape index (κ1) is 10.7. The molecule has 1 aliphatic carbocycles. The Labute approximate surface area is 93.5 Å². The topological polar surface area (TPSA) is 12.0 Å². The Morgan fingerprint density at radius 3 is 2.14 bits per heavy atom. The summed E-state index contributed by atoms with van der Waals surface area (Å²) in [7, 11) is 2.11. The van der Waals surface area contributed by atoms with E-state index in [1.54, 1.807) is 26.2 Å². The quantitative estimate of drug-likeness (QED) is 0.713. The molecule has 1 heterocycles. The van der Waals surface area contributed by atoms with Crippen LogP contribution < -0.4 is 5.32 Å². The van der Waals surface area contributed by atoms with Crippen LogP contribution in [-0.4, -0.2) is 12.6 Å². The SMILES string of the molecule is CNC1(C)C(C)=C(C)C(C)=[C]1[Ti]1[CH2][CH2]1. The molecule has 0 aromatic rings. The van der Waals surface area contributed by atoms with Crippen LogP contribution in [0.1, 0.15) is 27.7 Å². The molecule has 14 heavy (non-hydrogen) atoms. The second-order valence-corrected chi connectivity index (χ2v) is 8.96. The third-order valence-corrected chi connectivity index (χ3v) is 8.14. The molecule has 0 saturated carbocycles. The van der Waals surface area contributed by atoms with Crippen molar-refractivity contribution in [2.45, 2.75) is 42.7 Å². The van der Waals surface area contributed by atoms with Crippen LogP contribution in [0.3, 0.4) is 0 Å². The van der Waals surface area contributed by atoms with Crippen molar-refractivity contribution in [3.63, 3.8) is 0 Å². The van der Waals surface area contributed by atoms with Crippen LogP contribution in [0, 0.1) is 0 Å². The number of allylic oxidation sites excluding steroid dienone is 2. The van der Waals surface area contributed by atoms with Crippen molar-refractivity contribution >= 4 is 0 Å². The van der Waals surface area contributed by atoms with E-state index < -0.39 is 17.9 Å². The molecule has 1 N–H and O–H groups in total. The Hall–Kier alpha value is 0.154. The molecular weight excluding hydrogens is 206 g/mol. The molecule has 2 rings (SSSR count). The molecular formula is C12H20NTi. The van der Waals surface area contributed by atoms with Gasteiger partial charge in [-0.2, -0.15) is 0 Å². The van der Waals surface area contributed by atoms with Gasteiger partial charge in [-0.3, -0.25) is 0 Å². The van der Waals surface area contributed by atoms with Gasteiger partial charge in [0, 0.05) is 0 Å². The summed E-state index contributed by atoms with van der Waals surface area (Å²) in [6.07, 6.45) is 0. The van der Waals surface area contributed by atoms with Gasteiger partial charge in [0.2, 0.25) is 0 Å². The summed E-state index contributed by atoms with van der Waals surface area (Å²) in [6.45, 7) is 9.28. The van der Waals surface area contributed by atoms with E-state index in [-0.39, 0.29) is 5.54 Å². The standard InChI is InChI=1S/C10H16N.C2H4.Ti/c1-7-6-10(4,11-5)9(3)8(7)2;1-2;/h11H,1-5H3;1-2H2;. The van der Waals surface area contributed by atoms with Crippen molar-refractivity contribution in [2.75, 3.05) is 7.05 Å². The molecule has 0 aromatic heterocycles. The van der Waals surface area contributed by atoms with E-state index in [0.29, 0.717) is 0 Å². The predicted octanol–water partition coefficient (Wildman–Crippen LogP) is 3.06. The van der Waals surface area contributed by atoms with Gasteiger partial charge >= 0.3 is 93.5 Å². The van der Waals surface area contributed by atoms with Crippen LogP contribution in [0.2, 0.25) is 9.45 Å². The third kappa shape index (κ3) is 1.30. The molecule has 1 atom stereocenters. The van der Waals surface area contributed by atoms with Gasteiger partial charge in [-0.1, -0.05) is 0 Å². The molecule has 2 aliphatic rings. The Balaban J connectivity index is 2.49. The van der Waals surface area contributed by atoms with E-state index in [1.807, 2.05) is 3.88 Å². The zero-order valence-electron chi connectivity index (χ0n) is 9.91. The van der Waals surface area contributed by atoms with Gasteiger partial charge in [-0.05, 0) is 0 Å². The number of nitrogens with one attached hydrogen (secondary N) is 1. The molecule has 1 saturated heterocycles. The molecule has 0 bridgehead atoms. The zero-order valence-corrected chi connectivity index (χ0v) is 11.5. The summed E-state index contributed by atoms with van der Waals surface area (Å²) in [5.74, 6) is 0. The van der Waals surface area contributed by atoms with Crippen molar-refractivity contribution in [2.24, 2.45) is 0 Å². The number of rotatable bonds is 2. The first-order chi connectivity index (χ1) is 6.52. The van der Waals surface area contributed by atoms with Crippen LogP contribution >= 0.6 is 0 Å². The molecule has 2 heteroatoms. The molecule has 1 nitrogen and oxygen atoms in total. The summed E-state index contributed by atoms with van der Waals surface area (Å²) in [5.41, 5.74) is 4.94. The maximum absolute atomic E-state index is 3.55. The summed E-state index contributed by atoms with van der Waals surface area (Å²) in [5, 5.41) is 3.55. The van der Waals surface area contributed by atoms with E-state index in [1.165, 1.54) is 0 Å². The van der Waals surface area contributed by atoms with E-state index in [0.717, 1.165) is 0 Å². The fourth-order valence-corrected chi connectivity index (χ4v) is 7.14. The summed E-state index contributed by atoms with van der Waals surface area (Å²) in [6, 6.07) is 0. The molecule has 77 valence electrons.